The van der Waals surface area contributed by atoms with Crippen molar-refractivity contribution in [1.29, 1.82) is 0 Å². The summed E-state index contributed by atoms with van der Waals surface area (Å²) >= 11 is 0.746. The Balaban J connectivity index is 2.30. The van der Waals surface area contributed by atoms with Gasteiger partial charge in [0.25, 0.3) is 10.0 Å². The van der Waals surface area contributed by atoms with E-state index in [9.17, 15) is 18.5 Å². The number of rotatable bonds is 4. The van der Waals surface area contributed by atoms with Crippen LogP contribution in [0.1, 0.15) is 13.3 Å². The van der Waals surface area contributed by atoms with Crippen LogP contribution in [-0.4, -0.2) is 55.3 Å². The van der Waals surface area contributed by atoms with Crippen LogP contribution in [0.15, 0.2) is 10.3 Å². The van der Waals surface area contributed by atoms with E-state index in [1.54, 1.807) is 0 Å². The monoisotopic (exact) mass is 334 g/mol. The number of nitrogens with zero attached hydrogens (tertiary/aromatic N) is 3. The SMILES string of the molecule is CCC1CN(S(=O)(=O)c2cc([N+](=O)[O-])c(N)s2)CCN1C. The van der Waals surface area contributed by atoms with Gasteiger partial charge in [0.05, 0.1) is 4.92 Å². The maximum Gasteiger partial charge on any atom is 0.304 e. The Morgan fingerprint density at radius 1 is 1.52 bits per heavy atom. The van der Waals surface area contributed by atoms with Gasteiger partial charge >= 0.3 is 5.69 Å². The highest BCUT2D eigenvalue weighted by molar-refractivity contribution is 7.91. The lowest BCUT2D eigenvalue weighted by molar-refractivity contribution is -0.383. The third kappa shape index (κ3) is 3.03. The second-order valence-electron chi connectivity index (χ2n) is 4.98. The van der Waals surface area contributed by atoms with E-state index in [0.717, 1.165) is 23.8 Å². The van der Waals surface area contributed by atoms with Gasteiger partial charge in [0.1, 0.15) is 4.21 Å². The summed E-state index contributed by atoms with van der Waals surface area (Å²) in [7, 11) is -1.76. The standard InChI is InChI=1S/C11H18N4O4S2/c1-3-8-7-14(5-4-13(8)2)21(18,19)10-6-9(15(16)17)11(12)20-10/h6,8H,3-5,7,12H2,1-2H3. The van der Waals surface area contributed by atoms with E-state index in [4.69, 9.17) is 5.73 Å². The molecule has 1 unspecified atom stereocenters. The molecule has 2 heterocycles. The largest absolute Gasteiger partial charge is 0.385 e. The number of hydrogen-bond donors (Lipinski definition) is 1. The number of sulfonamides is 1. The molecule has 8 nitrogen and oxygen atoms in total. The second kappa shape index (κ2) is 5.87. The second-order valence-corrected chi connectivity index (χ2v) is 8.23. The van der Waals surface area contributed by atoms with Crippen molar-refractivity contribution in [2.45, 2.75) is 23.6 Å². The molecular weight excluding hydrogens is 316 g/mol. The smallest absolute Gasteiger partial charge is 0.304 e. The Hall–Kier alpha value is -1.23. The lowest BCUT2D eigenvalue weighted by atomic mass is 10.1. The van der Waals surface area contributed by atoms with Gasteiger partial charge in [0.15, 0.2) is 5.00 Å². The molecule has 118 valence electrons. The first-order chi connectivity index (χ1) is 9.77. The lowest BCUT2D eigenvalue weighted by Gasteiger charge is -2.38. The van der Waals surface area contributed by atoms with Gasteiger partial charge in [-0.2, -0.15) is 4.31 Å². The number of nitrogens with two attached hydrogens (primary N) is 1. The Labute approximate surface area is 127 Å². The fourth-order valence-corrected chi connectivity index (χ4v) is 5.18. The van der Waals surface area contributed by atoms with Crippen molar-refractivity contribution in [3.05, 3.63) is 16.2 Å². The Morgan fingerprint density at radius 2 is 2.19 bits per heavy atom. The zero-order valence-electron chi connectivity index (χ0n) is 11.9. The Kier molecular flexibility index (Phi) is 4.51. The van der Waals surface area contributed by atoms with E-state index in [1.807, 2.05) is 14.0 Å². The Bertz CT molecular complexity index is 643. The van der Waals surface area contributed by atoms with Crippen LogP contribution in [0.2, 0.25) is 0 Å². The molecule has 1 aromatic rings. The average Bonchev–Trinajstić information content (AvgIpc) is 2.82. The average molecular weight is 334 g/mol. The van der Waals surface area contributed by atoms with E-state index in [1.165, 1.54) is 4.31 Å². The molecule has 21 heavy (non-hydrogen) atoms. The molecule has 0 spiro atoms. The van der Waals surface area contributed by atoms with Crippen LogP contribution < -0.4 is 5.73 Å². The van der Waals surface area contributed by atoms with Crippen molar-refractivity contribution in [2.75, 3.05) is 32.4 Å². The summed E-state index contributed by atoms with van der Waals surface area (Å²) in [6.07, 6.45) is 0.843. The van der Waals surface area contributed by atoms with Crippen LogP contribution in [-0.2, 0) is 10.0 Å². The summed E-state index contributed by atoms with van der Waals surface area (Å²) in [6.45, 7) is 3.41. The zero-order chi connectivity index (χ0) is 15.8. The summed E-state index contributed by atoms with van der Waals surface area (Å²) in [4.78, 5) is 12.3. The molecule has 1 aliphatic rings. The third-order valence-corrected chi connectivity index (χ3v) is 6.99. The highest BCUT2D eigenvalue weighted by Crippen LogP contribution is 2.36. The fourth-order valence-electron chi connectivity index (χ4n) is 2.35. The molecule has 0 saturated carbocycles. The fraction of sp³-hybridized carbons (Fsp3) is 0.636. The van der Waals surface area contributed by atoms with Crippen LogP contribution in [0.25, 0.3) is 0 Å². The van der Waals surface area contributed by atoms with Crippen molar-refractivity contribution in [3.63, 3.8) is 0 Å². The number of hydrogen-bond acceptors (Lipinski definition) is 7. The number of nitro groups is 1. The van der Waals surface area contributed by atoms with Gasteiger partial charge in [-0.15, -0.1) is 0 Å². The normalized spacial score (nSPS) is 21.5. The van der Waals surface area contributed by atoms with Crippen LogP contribution in [0, 0.1) is 10.1 Å². The van der Waals surface area contributed by atoms with Gasteiger partial charge in [-0.3, -0.25) is 10.1 Å². The minimum absolute atomic E-state index is 0.0638. The summed E-state index contributed by atoms with van der Waals surface area (Å²) in [5.74, 6) is 0. The summed E-state index contributed by atoms with van der Waals surface area (Å²) in [5.41, 5.74) is 5.18. The molecule has 0 radical (unpaired) electrons. The van der Waals surface area contributed by atoms with Crippen LogP contribution in [0.3, 0.4) is 0 Å². The predicted octanol–water partition coefficient (Wildman–Crippen LogP) is 0.953. The highest BCUT2D eigenvalue weighted by Gasteiger charge is 2.34. The van der Waals surface area contributed by atoms with Gasteiger partial charge < -0.3 is 10.6 Å². The number of piperazine rings is 1. The van der Waals surface area contributed by atoms with E-state index < -0.39 is 14.9 Å². The zero-order valence-corrected chi connectivity index (χ0v) is 13.5. The molecule has 0 aliphatic carbocycles. The van der Waals surface area contributed by atoms with Gasteiger partial charge in [-0.25, -0.2) is 8.42 Å². The molecule has 1 atom stereocenters. The number of nitrogen functional groups attached to an aromatic ring is 1. The summed E-state index contributed by atoms with van der Waals surface area (Å²) in [5, 5.41) is 10.7. The molecule has 0 amide bonds. The van der Waals surface area contributed by atoms with Gasteiger partial charge in [-0.05, 0) is 13.5 Å². The Morgan fingerprint density at radius 3 is 2.71 bits per heavy atom. The van der Waals surface area contributed by atoms with E-state index >= 15 is 0 Å². The topological polar surface area (TPSA) is 110 Å². The van der Waals surface area contributed by atoms with Crippen molar-refractivity contribution in [3.8, 4) is 0 Å². The molecule has 2 N–H and O–H groups in total. The maximum absolute atomic E-state index is 12.6. The van der Waals surface area contributed by atoms with E-state index in [2.05, 4.69) is 4.90 Å². The summed E-state index contributed by atoms with van der Waals surface area (Å²) in [6, 6.07) is 1.20. The van der Waals surface area contributed by atoms with Gasteiger partial charge in [-0.1, -0.05) is 18.3 Å². The molecule has 1 aliphatic heterocycles. The minimum Gasteiger partial charge on any atom is -0.385 e. The summed E-state index contributed by atoms with van der Waals surface area (Å²) < 4.78 is 26.5. The van der Waals surface area contributed by atoms with Crippen molar-refractivity contribution in [1.82, 2.24) is 9.21 Å². The lowest BCUT2D eigenvalue weighted by Crippen LogP contribution is -2.52. The first-order valence-electron chi connectivity index (χ1n) is 6.51. The van der Waals surface area contributed by atoms with Crippen LogP contribution >= 0.6 is 11.3 Å². The minimum atomic E-state index is -3.72. The first-order valence-corrected chi connectivity index (χ1v) is 8.77. The van der Waals surface area contributed by atoms with Crippen molar-refractivity contribution >= 4 is 32.0 Å². The maximum atomic E-state index is 12.6. The van der Waals surface area contributed by atoms with Crippen molar-refractivity contribution in [2.24, 2.45) is 0 Å². The van der Waals surface area contributed by atoms with Gasteiger partial charge in [0.2, 0.25) is 0 Å². The van der Waals surface area contributed by atoms with E-state index in [-0.39, 0.29) is 20.9 Å². The number of thiophene rings is 1. The molecule has 1 saturated heterocycles. The number of anilines is 1. The van der Waals surface area contributed by atoms with Crippen molar-refractivity contribution < 1.29 is 13.3 Å². The molecule has 1 aromatic heterocycles. The highest BCUT2D eigenvalue weighted by atomic mass is 32.2. The molecule has 0 bridgehead atoms. The van der Waals surface area contributed by atoms with Crippen LogP contribution in [0.5, 0.6) is 0 Å². The van der Waals surface area contributed by atoms with Gasteiger partial charge in [0, 0.05) is 31.7 Å². The molecule has 2 rings (SSSR count). The molecule has 1 fully saturated rings. The van der Waals surface area contributed by atoms with Crippen LogP contribution in [0.4, 0.5) is 10.7 Å². The first kappa shape index (κ1) is 16.1. The van der Waals surface area contributed by atoms with E-state index in [0.29, 0.717) is 19.6 Å². The molecular formula is C11H18N4O4S2. The molecule has 10 heteroatoms. The third-order valence-electron chi connectivity index (χ3n) is 3.72. The predicted molar refractivity (Wildman–Crippen MR) is 80.9 cm³/mol. The quantitative estimate of drug-likeness (QED) is 0.648. The molecule has 0 aromatic carbocycles. The number of likely N-dealkylation sites (N-methyl/N-ethyl adjacent to an activating group) is 1.